The molecule has 1 saturated heterocycles. The molecule has 0 saturated carbocycles. The van der Waals surface area contributed by atoms with Gasteiger partial charge in [0.1, 0.15) is 5.75 Å². The summed E-state index contributed by atoms with van der Waals surface area (Å²) in [5.74, 6) is 1.05. The lowest BCUT2D eigenvalue weighted by Gasteiger charge is -2.39. The monoisotopic (exact) mass is 353 g/mol. The molecule has 0 amide bonds. The maximum absolute atomic E-state index is 12.8. The smallest absolute Gasteiger partial charge is 0.156 e. The van der Waals surface area contributed by atoms with Crippen LogP contribution in [0.2, 0.25) is 0 Å². The largest absolute Gasteiger partial charge is 0.497 e. The maximum Gasteiger partial charge on any atom is 0.156 e. The molecule has 2 rings (SSSR count). The third kappa shape index (κ3) is 3.86. The number of likely N-dealkylation sites (tertiary alicyclic amines) is 1. The number of carbonyl (C=O) groups excluding carboxylic acids is 1. The summed E-state index contributed by atoms with van der Waals surface area (Å²) in [4.78, 5) is 15.1. The molecule has 21 heavy (non-hydrogen) atoms. The van der Waals surface area contributed by atoms with Crippen molar-refractivity contribution >= 4 is 21.7 Å². The topological polar surface area (TPSA) is 29.5 Å². The number of rotatable bonds is 5. The van der Waals surface area contributed by atoms with E-state index in [-0.39, 0.29) is 5.78 Å². The first-order valence-corrected chi connectivity index (χ1v) is 8.35. The fourth-order valence-electron chi connectivity index (χ4n) is 2.83. The summed E-state index contributed by atoms with van der Waals surface area (Å²) in [6, 6.07) is 5.78. The SMILES string of the molecule is COc1ccc(Br)c(CC(=O)C(C)(C)N2CCCCC2)c1. The van der Waals surface area contributed by atoms with E-state index in [1.165, 1.54) is 19.3 Å². The van der Waals surface area contributed by atoms with Gasteiger partial charge in [-0.25, -0.2) is 0 Å². The van der Waals surface area contributed by atoms with Crippen LogP contribution >= 0.6 is 15.9 Å². The maximum atomic E-state index is 12.8. The third-order valence-electron chi connectivity index (χ3n) is 4.43. The number of piperidine rings is 1. The Morgan fingerprint density at radius 3 is 2.57 bits per heavy atom. The van der Waals surface area contributed by atoms with Gasteiger partial charge in [0.15, 0.2) is 5.78 Å². The minimum absolute atomic E-state index is 0.262. The van der Waals surface area contributed by atoms with Gasteiger partial charge in [0.25, 0.3) is 0 Å². The molecule has 0 atom stereocenters. The number of ether oxygens (including phenoxy) is 1. The number of hydrogen-bond donors (Lipinski definition) is 0. The van der Waals surface area contributed by atoms with Crippen molar-refractivity contribution in [1.29, 1.82) is 0 Å². The Morgan fingerprint density at radius 2 is 1.95 bits per heavy atom. The molecular formula is C17H24BrNO2. The second kappa shape index (κ2) is 6.93. The second-order valence-electron chi connectivity index (χ2n) is 6.16. The molecule has 1 aliphatic rings. The molecule has 0 aromatic heterocycles. The van der Waals surface area contributed by atoms with E-state index >= 15 is 0 Å². The highest BCUT2D eigenvalue weighted by Crippen LogP contribution is 2.27. The molecular weight excluding hydrogens is 330 g/mol. The summed E-state index contributed by atoms with van der Waals surface area (Å²) in [5.41, 5.74) is 0.590. The van der Waals surface area contributed by atoms with Crippen molar-refractivity contribution in [3.63, 3.8) is 0 Å². The summed E-state index contributed by atoms with van der Waals surface area (Å²) in [6.07, 6.45) is 4.10. The van der Waals surface area contributed by atoms with Crippen molar-refractivity contribution in [2.24, 2.45) is 0 Å². The Bertz CT molecular complexity index is 508. The Hall–Kier alpha value is -0.870. The van der Waals surface area contributed by atoms with Gasteiger partial charge < -0.3 is 4.74 Å². The number of ketones is 1. The zero-order valence-corrected chi connectivity index (χ0v) is 14.7. The zero-order valence-electron chi connectivity index (χ0n) is 13.1. The van der Waals surface area contributed by atoms with Crippen LogP contribution in [0.15, 0.2) is 22.7 Å². The van der Waals surface area contributed by atoms with Crippen molar-refractivity contribution in [3.05, 3.63) is 28.2 Å². The molecule has 0 bridgehead atoms. The first-order chi connectivity index (χ1) is 9.95. The van der Waals surface area contributed by atoms with Gasteiger partial charge in [-0.3, -0.25) is 9.69 Å². The fraction of sp³-hybridized carbons (Fsp3) is 0.588. The minimum Gasteiger partial charge on any atom is -0.497 e. The van der Waals surface area contributed by atoms with Gasteiger partial charge in [-0.05, 0) is 63.5 Å². The van der Waals surface area contributed by atoms with Crippen LogP contribution in [-0.4, -0.2) is 36.4 Å². The summed E-state index contributed by atoms with van der Waals surface area (Å²) in [7, 11) is 1.65. The van der Waals surface area contributed by atoms with E-state index in [0.717, 1.165) is 28.9 Å². The summed E-state index contributed by atoms with van der Waals surface area (Å²) in [6.45, 7) is 6.15. The lowest BCUT2D eigenvalue weighted by Crippen LogP contribution is -2.52. The Balaban J connectivity index is 2.12. The normalized spacial score (nSPS) is 16.8. The average molecular weight is 354 g/mol. The van der Waals surface area contributed by atoms with E-state index in [9.17, 15) is 4.79 Å². The Labute approximate surface area is 135 Å². The third-order valence-corrected chi connectivity index (χ3v) is 5.21. The van der Waals surface area contributed by atoms with Crippen LogP contribution in [0.4, 0.5) is 0 Å². The number of hydrogen-bond acceptors (Lipinski definition) is 3. The quantitative estimate of drug-likeness (QED) is 0.805. The molecule has 0 radical (unpaired) electrons. The number of halogens is 1. The molecule has 3 nitrogen and oxygen atoms in total. The van der Waals surface area contributed by atoms with Crippen molar-refractivity contribution in [1.82, 2.24) is 4.90 Å². The predicted octanol–water partition coefficient (Wildman–Crippen LogP) is 3.83. The second-order valence-corrected chi connectivity index (χ2v) is 7.02. The standard InChI is InChI=1S/C17H24BrNO2/c1-17(2,19-9-5-4-6-10-19)16(20)12-13-11-14(21-3)7-8-15(13)18/h7-8,11H,4-6,9-10,12H2,1-3H3. The van der Waals surface area contributed by atoms with Crippen LogP contribution in [0.5, 0.6) is 5.75 Å². The van der Waals surface area contributed by atoms with Crippen molar-refractivity contribution < 1.29 is 9.53 Å². The van der Waals surface area contributed by atoms with E-state index in [1.807, 2.05) is 18.2 Å². The van der Waals surface area contributed by atoms with Gasteiger partial charge in [-0.2, -0.15) is 0 Å². The number of Topliss-reactive ketones (excluding diaryl/α,β-unsaturated/α-hetero) is 1. The molecule has 0 unspecified atom stereocenters. The van der Waals surface area contributed by atoms with Crippen molar-refractivity contribution in [2.45, 2.75) is 45.1 Å². The van der Waals surface area contributed by atoms with Gasteiger partial charge in [-0.15, -0.1) is 0 Å². The number of carbonyl (C=O) groups is 1. The highest BCUT2D eigenvalue weighted by Gasteiger charge is 2.34. The highest BCUT2D eigenvalue weighted by atomic mass is 79.9. The number of benzene rings is 1. The summed E-state index contributed by atoms with van der Waals surface area (Å²) in [5, 5.41) is 0. The lowest BCUT2D eigenvalue weighted by atomic mass is 9.90. The van der Waals surface area contributed by atoms with Gasteiger partial charge in [0.2, 0.25) is 0 Å². The Kier molecular flexibility index (Phi) is 5.44. The van der Waals surface area contributed by atoms with Gasteiger partial charge in [0, 0.05) is 10.9 Å². The summed E-state index contributed by atoms with van der Waals surface area (Å²) >= 11 is 3.53. The molecule has 0 aliphatic carbocycles. The molecule has 0 spiro atoms. The molecule has 1 aromatic carbocycles. The summed E-state index contributed by atoms with van der Waals surface area (Å²) < 4.78 is 6.21. The molecule has 1 aliphatic heterocycles. The molecule has 4 heteroatoms. The molecule has 116 valence electrons. The fourth-order valence-corrected chi connectivity index (χ4v) is 3.22. The van der Waals surface area contributed by atoms with E-state index < -0.39 is 5.54 Å². The van der Waals surface area contributed by atoms with Crippen LogP contribution in [0.3, 0.4) is 0 Å². The van der Waals surface area contributed by atoms with E-state index in [4.69, 9.17) is 4.74 Å². The molecule has 1 fully saturated rings. The zero-order chi connectivity index (χ0) is 15.5. The van der Waals surface area contributed by atoms with Gasteiger partial charge >= 0.3 is 0 Å². The van der Waals surface area contributed by atoms with Crippen LogP contribution in [0.1, 0.15) is 38.7 Å². The minimum atomic E-state index is -0.400. The lowest BCUT2D eigenvalue weighted by molar-refractivity contribution is -0.129. The predicted molar refractivity (Wildman–Crippen MR) is 88.9 cm³/mol. The van der Waals surface area contributed by atoms with Crippen LogP contribution in [0, 0.1) is 0 Å². The molecule has 1 heterocycles. The molecule has 0 N–H and O–H groups in total. The van der Waals surface area contributed by atoms with E-state index in [0.29, 0.717) is 6.42 Å². The number of methoxy groups -OCH3 is 1. The molecule has 1 aromatic rings. The van der Waals surface area contributed by atoms with Crippen molar-refractivity contribution in [3.8, 4) is 5.75 Å². The Morgan fingerprint density at radius 1 is 1.29 bits per heavy atom. The highest BCUT2D eigenvalue weighted by molar-refractivity contribution is 9.10. The van der Waals surface area contributed by atoms with E-state index in [1.54, 1.807) is 7.11 Å². The van der Waals surface area contributed by atoms with E-state index in [2.05, 4.69) is 34.7 Å². The van der Waals surface area contributed by atoms with Gasteiger partial charge in [0.05, 0.1) is 12.6 Å². The van der Waals surface area contributed by atoms with Crippen LogP contribution in [-0.2, 0) is 11.2 Å². The van der Waals surface area contributed by atoms with Gasteiger partial charge in [-0.1, -0.05) is 22.4 Å². The number of nitrogens with zero attached hydrogens (tertiary/aromatic N) is 1. The first-order valence-electron chi connectivity index (χ1n) is 7.56. The van der Waals surface area contributed by atoms with Crippen LogP contribution in [0.25, 0.3) is 0 Å². The average Bonchev–Trinajstić information content (AvgIpc) is 2.50. The first kappa shape index (κ1) is 16.5. The van der Waals surface area contributed by atoms with Crippen LogP contribution < -0.4 is 4.74 Å². The van der Waals surface area contributed by atoms with Crippen molar-refractivity contribution in [2.75, 3.05) is 20.2 Å².